The molecular weight excluding hydrogens is 500 g/mol. The van der Waals surface area contributed by atoms with Crippen LogP contribution in [0.3, 0.4) is 0 Å². The van der Waals surface area contributed by atoms with E-state index >= 15 is 0 Å². The highest BCUT2D eigenvalue weighted by Gasteiger charge is 2.30. The number of thiol groups is 1. The molecule has 4 atom stereocenters. The Hall–Kier alpha value is -3.78. The molecule has 0 saturated carbocycles. The predicted molar refractivity (Wildman–Crippen MR) is 143 cm³/mol. The molecule has 0 fully saturated rings. The first-order chi connectivity index (χ1) is 17.5. The molecule has 202 valence electrons. The van der Waals surface area contributed by atoms with E-state index in [2.05, 4.69) is 38.6 Å². The molecule has 37 heavy (non-hydrogen) atoms. The summed E-state index contributed by atoms with van der Waals surface area (Å²) >= 11 is 3.98. The van der Waals surface area contributed by atoms with E-state index in [0.29, 0.717) is 6.42 Å². The molecule has 1 aromatic heterocycles. The number of hydrogen-bond acceptors (Lipinski definition) is 7. The third-order valence-corrected chi connectivity index (χ3v) is 5.89. The van der Waals surface area contributed by atoms with Gasteiger partial charge in [-0.3, -0.25) is 19.4 Å². The zero-order chi connectivity index (χ0) is 27.5. The van der Waals surface area contributed by atoms with Crippen molar-refractivity contribution in [1.82, 2.24) is 20.9 Å². The predicted octanol–water partition coefficient (Wildman–Crippen LogP) is -1.42. The number of aromatic nitrogens is 1. The number of rotatable bonds is 14. The molecule has 2 rings (SSSR count). The van der Waals surface area contributed by atoms with Crippen LogP contribution in [-0.2, 0) is 25.6 Å². The highest BCUT2D eigenvalue weighted by Crippen LogP contribution is 2.19. The number of amides is 3. The van der Waals surface area contributed by atoms with Gasteiger partial charge in [0.15, 0.2) is 5.96 Å². The van der Waals surface area contributed by atoms with E-state index in [-0.39, 0.29) is 31.1 Å². The molecule has 0 aliphatic carbocycles. The molecule has 0 radical (unpaired) electrons. The number of guanidine groups is 1. The first kappa shape index (κ1) is 29.5. The number of benzene rings is 1. The number of aliphatic carboxylic acids is 1. The van der Waals surface area contributed by atoms with Gasteiger partial charge in [-0.1, -0.05) is 18.2 Å². The Morgan fingerprint density at radius 2 is 1.65 bits per heavy atom. The van der Waals surface area contributed by atoms with Gasteiger partial charge in [0.1, 0.15) is 18.1 Å². The Morgan fingerprint density at radius 1 is 1.03 bits per heavy atom. The lowest BCUT2D eigenvalue weighted by Crippen LogP contribution is -2.57. The topological polar surface area (TPSA) is 231 Å². The second-order valence-electron chi connectivity index (χ2n) is 8.51. The minimum Gasteiger partial charge on any atom is -0.480 e. The van der Waals surface area contributed by atoms with E-state index in [4.69, 9.17) is 17.2 Å². The normalized spacial score (nSPS) is 14.1. The van der Waals surface area contributed by atoms with Crippen LogP contribution < -0.4 is 33.2 Å². The first-order valence-corrected chi connectivity index (χ1v) is 12.3. The van der Waals surface area contributed by atoms with Crippen molar-refractivity contribution in [2.24, 2.45) is 22.2 Å². The summed E-state index contributed by atoms with van der Waals surface area (Å²) in [5, 5.41) is 17.8. The van der Waals surface area contributed by atoms with E-state index < -0.39 is 47.9 Å². The number of carbonyl (C=O) groups excluding carboxylic acids is 3. The van der Waals surface area contributed by atoms with Gasteiger partial charge in [-0.05, 0) is 31.4 Å². The highest BCUT2D eigenvalue weighted by molar-refractivity contribution is 7.80. The van der Waals surface area contributed by atoms with E-state index in [0.717, 1.165) is 16.5 Å². The van der Waals surface area contributed by atoms with Crippen molar-refractivity contribution in [1.29, 1.82) is 0 Å². The maximum Gasteiger partial charge on any atom is 0.327 e. The number of fused-ring (bicyclic) bond motifs is 1. The fraction of sp³-hybridized carbons (Fsp3) is 0.435. The second-order valence-corrected chi connectivity index (χ2v) is 8.87. The number of H-pyrrole nitrogens is 1. The molecule has 0 aliphatic heterocycles. The summed E-state index contributed by atoms with van der Waals surface area (Å²) in [5.74, 6) is -3.42. The fourth-order valence-corrected chi connectivity index (χ4v) is 3.78. The van der Waals surface area contributed by atoms with Crippen LogP contribution >= 0.6 is 12.6 Å². The molecule has 0 bridgehead atoms. The summed E-state index contributed by atoms with van der Waals surface area (Å²) in [7, 11) is 0. The molecule has 0 aliphatic rings. The Bertz CT molecular complexity index is 1130. The molecule has 13 nitrogen and oxygen atoms in total. The molecule has 14 heteroatoms. The quantitative estimate of drug-likeness (QED) is 0.0602. The second kappa shape index (κ2) is 14.1. The smallest absolute Gasteiger partial charge is 0.327 e. The summed E-state index contributed by atoms with van der Waals surface area (Å²) in [6.45, 7) is 1.70. The molecule has 4 unspecified atom stereocenters. The summed E-state index contributed by atoms with van der Waals surface area (Å²) in [6, 6.07) is 3.10. The Labute approximate surface area is 219 Å². The number of aromatic amines is 1. The number of para-hydroxylation sites is 1. The largest absolute Gasteiger partial charge is 0.480 e. The monoisotopic (exact) mass is 534 g/mol. The van der Waals surface area contributed by atoms with E-state index in [1.54, 1.807) is 6.20 Å². The van der Waals surface area contributed by atoms with Crippen molar-refractivity contribution < 1.29 is 24.3 Å². The Morgan fingerprint density at radius 3 is 2.27 bits per heavy atom. The van der Waals surface area contributed by atoms with Crippen molar-refractivity contribution in [2.75, 3.05) is 12.3 Å². The van der Waals surface area contributed by atoms with Crippen molar-refractivity contribution in [3.63, 3.8) is 0 Å². The van der Waals surface area contributed by atoms with Crippen LogP contribution in [0.25, 0.3) is 10.9 Å². The SMILES string of the molecule is CC(N)C(=O)NC(CCCN=C(N)N)C(=O)NC(Cc1c[nH]c2ccccc12)C(=O)NC(CS)C(=O)O. The molecular formula is C23H34N8O5S. The molecule has 2 aromatic rings. The van der Waals surface area contributed by atoms with Crippen LogP contribution in [0.2, 0.25) is 0 Å². The fourth-order valence-electron chi connectivity index (χ4n) is 3.54. The molecule has 1 aromatic carbocycles. The highest BCUT2D eigenvalue weighted by atomic mass is 32.1. The lowest BCUT2D eigenvalue weighted by atomic mass is 10.0. The van der Waals surface area contributed by atoms with Crippen LogP contribution in [-0.4, -0.2) is 76.2 Å². The number of carboxylic acid groups (broad SMARTS) is 1. The zero-order valence-electron chi connectivity index (χ0n) is 20.4. The van der Waals surface area contributed by atoms with Gasteiger partial charge in [0.05, 0.1) is 6.04 Å². The average Bonchev–Trinajstić information content (AvgIpc) is 3.25. The van der Waals surface area contributed by atoms with Crippen molar-refractivity contribution >= 4 is 53.2 Å². The Kier molecular flexibility index (Phi) is 11.2. The number of nitrogens with two attached hydrogens (primary N) is 3. The van der Waals surface area contributed by atoms with Crippen LogP contribution in [0.1, 0.15) is 25.3 Å². The molecule has 1 heterocycles. The van der Waals surface area contributed by atoms with Crippen LogP contribution in [0, 0.1) is 0 Å². The molecule has 3 amide bonds. The van der Waals surface area contributed by atoms with E-state index in [1.807, 2.05) is 24.3 Å². The molecule has 0 saturated heterocycles. The minimum absolute atomic E-state index is 0.0580. The maximum absolute atomic E-state index is 13.3. The van der Waals surface area contributed by atoms with E-state index in [9.17, 15) is 24.3 Å². The van der Waals surface area contributed by atoms with Crippen LogP contribution in [0.4, 0.5) is 0 Å². The number of nitrogens with zero attached hydrogens (tertiary/aromatic N) is 1. The van der Waals surface area contributed by atoms with Crippen molar-refractivity contribution in [3.05, 3.63) is 36.0 Å². The van der Waals surface area contributed by atoms with Gasteiger partial charge in [-0.25, -0.2) is 4.79 Å². The summed E-state index contributed by atoms with van der Waals surface area (Å²) < 4.78 is 0. The third-order valence-electron chi connectivity index (χ3n) is 5.52. The summed E-state index contributed by atoms with van der Waals surface area (Å²) in [5.41, 5.74) is 17.9. The Balaban J connectivity index is 2.28. The molecule has 0 spiro atoms. The number of nitrogens with one attached hydrogen (secondary N) is 4. The van der Waals surface area contributed by atoms with Crippen LogP contribution in [0.5, 0.6) is 0 Å². The number of carbonyl (C=O) groups is 4. The molecule has 11 N–H and O–H groups in total. The third kappa shape index (κ3) is 8.99. The standard InChI is InChI=1S/C23H34N8O5S/c1-12(24)19(32)29-16(7-4-8-27-23(25)26)20(33)30-17(21(34)31-18(11-37)22(35)36)9-13-10-28-15-6-3-2-5-14(13)15/h2-3,5-6,10,12,16-18,28,37H,4,7-9,11,24H2,1H3,(H,29,32)(H,30,33)(H,31,34)(H,35,36)(H4,25,26,27). The van der Waals surface area contributed by atoms with Gasteiger partial charge >= 0.3 is 5.97 Å². The lowest BCUT2D eigenvalue weighted by Gasteiger charge is -2.24. The lowest BCUT2D eigenvalue weighted by molar-refractivity contribution is -0.141. The number of hydrogen-bond donors (Lipinski definition) is 9. The van der Waals surface area contributed by atoms with E-state index in [1.165, 1.54) is 6.92 Å². The van der Waals surface area contributed by atoms with Gasteiger partial charge in [0, 0.05) is 35.8 Å². The first-order valence-electron chi connectivity index (χ1n) is 11.6. The zero-order valence-corrected chi connectivity index (χ0v) is 21.3. The summed E-state index contributed by atoms with van der Waals surface area (Å²) in [6.07, 6.45) is 2.30. The number of aliphatic imine (C=N–C) groups is 1. The van der Waals surface area contributed by atoms with Gasteiger partial charge in [-0.2, -0.15) is 12.6 Å². The number of carboxylic acids is 1. The minimum atomic E-state index is -1.26. The maximum atomic E-state index is 13.3. The van der Waals surface area contributed by atoms with Gasteiger partial charge < -0.3 is 43.2 Å². The van der Waals surface area contributed by atoms with Crippen molar-refractivity contribution in [2.45, 2.75) is 50.4 Å². The van der Waals surface area contributed by atoms with Crippen molar-refractivity contribution in [3.8, 4) is 0 Å². The average molecular weight is 535 g/mol. The van der Waals surface area contributed by atoms with Crippen LogP contribution in [0.15, 0.2) is 35.5 Å². The summed E-state index contributed by atoms with van der Waals surface area (Å²) in [4.78, 5) is 57.0. The van der Waals surface area contributed by atoms with Gasteiger partial charge in [0.25, 0.3) is 0 Å². The van der Waals surface area contributed by atoms with Gasteiger partial charge in [0.2, 0.25) is 17.7 Å². The van der Waals surface area contributed by atoms with Gasteiger partial charge in [-0.15, -0.1) is 0 Å².